The summed E-state index contributed by atoms with van der Waals surface area (Å²) in [7, 11) is 0. The number of allylic oxidation sites excluding steroid dienone is 1. The number of nitro benzene ring substituents is 1. The lowest BCUT2D eigenvalue weighted by Gasteiger charge is -2.10. The van der Waals surface area contributed by atoms with Crippen molar-refractivity contribution in [3.63, 3.8) is 0 Å². The Bertz CT molecular complexity index is 1190. The molecule has 3 rings (SSSR count). The van der Waals surface area contributed by atoms with Crippen LogP contribution in [-0.4, -0.2) is 17.4 Å². The first-order valence-corrected chi connectivity index (χ1v) is 9.89. The second kappa shape index (κ2) is 10.2. The number of rotatable bonds is 7. The minimum absolute atomic E-state index is 0.0858. The Labute approximate surface area is 186 Å². The Morgan fingerprint density at radius 3 is 2.58 bits per heavy atom. The predicted octanol–water partition coefficient (Wildman–Crippen LogP) is 5.44. The average Bonchev–Trinajstić information content (AvgIpc) is 2.77. The Kier molecular flexibility index (Phi) is 7.14. The van der Waals surface area contributed by atoms with Crippen molar-refractivity contribution in [3.8, 4) is 11.8 Å². The van der Waals surface area contributed by atoms with Crippen LogP contribution >= 0.6 is 15.9 Å². The third kappa shape index (κ3) is 6.01. The lowest BCUT2D eigenvalue weighted by Crippen LogP contribution is -2.20. The Balaban J connectivity index is 1.71. The number of ether oxygens (including phenoxy) is 1. The molecule has 0 aliphatic rings. The van der Waals surface area contributed by atoms with Gasteiger partial charge < -0.3 is 10.1 Å². The number of nitrogens with one attached hydrogen (secondary N) is 1. The zero-order valence-corrected chi connectivity index (χ0v) is 17.7. The first-order chi connectivity index (χ1) is 15.0. The summed E-state index contributed by atoms with van der Waals surface area (Å²) in [6.45, 7) is -0.167. The van der Waals surface area contributed by atoms with Crippen LogP contribution in [0.4, 0.5) is 11.4 Å². The van der Waals surface area contributed by atoms with Crippen LogP contribution in [0, 0.1) is 21.4 Å². The highest BCUT2D eigenvalue weighted by molar-refractivity contribution is 9.10. The van der Waals surface area contributed by atoms with Gasteiger partial charge in [0, 0.05) is 17.8 Å². The van der Waals surface area contributed by atoms with Crippen LogP contribution in [0.1, 0.15) is 11.1 Å². The van der Waals surface area contributed by atoms with Crippen molar-refractivity contribution in [1.82, 2.24) is 0 Å². The molecular formula is C23H16BrN3O4. The summed E-state index contributed by atoms with van der Waals surface area (Å²) < 4.78 is 6.17. The second-order valence-corrected chi connectivity index (χ2v) is 7.22. The van der Waals surface area contributed by atoms with Crippen molar-refractivity contribution in [1.29, 1.82) is 5.26 Å². The number of hydrogen-bond acceptors (Lipinski definition) is 5. The van der Waals surface area contributed by atoms with Crippen molar-refractivity contribution in [2.45, 2.75) is 0 Å². The van der Waals surface area contributed by atoms with E-state index in [0.29, 0.717) is 27.0 Å². The maximum Gasteiger partial charge on any atom is 0.270 e. The molecule has 31 heavy (non-hydrogen) atoms. The van der Waals surface area contributed by atoms with Crippen molar-refractivity contribution in [3.05, 3.63) is 98.5 Å². The van der Waals surface area contributed by atoms with E-state index in [0.717, 1.165) is 0 Å². The number of nitriles is 1. The van der Waals surface area contributed by atoms with E-state index in [9.17, 15) is 20.2 Å². The van der Waals surface area contributed by atoms with E-state index < -0.39 is 4.92 Å². The molecule has 3 aromatic carbocycles. The summed E-state index contributed by atoms with van der Waals surface area (Å²) in [5.41, 5.74) is 2.02. The minimum Gasteiger partial charge on any atom is -0.483 e. The number of carbonyl (C=O) groups is 1. The smallest absolute Gasteiger partial charge is 0.270 e. The molecule has 0 heterocycles. The van der Waals surface area contributed by atoms with Gasteiger partial charge in [0.05, 0.1) is 21.0 Å². The number of para-hydroxylation sites is 1. The molecule has 0 atom stereocenters. The normalized spacial score (nSPS) is 10.8. The van der Waals surface area contributed by atoms with E-state index in [-0.39, 0.29) is 23.8 Å². The van der Waals surface area contributed by atoms with Gasteiger partial charge in [0.25, 0.3) is 11.6 Å². The highest BCUT2D eigenvalue weighted by atomic mass is 79.9. The van der Waals surface area contributed by atoms with Crippen LogP contribution < -0.4 is 10.1 Å². The number of anilines is 1. The van der Waals surface area contributed by atoms with Crippen molar-refractivity contribution in [2.75, 3.05) is 11.9 Å². The molecule has 8 heteroatoms. The van der Waals surface area contributed by atoms with E-state index in [1.54, 1.807) is 42.5 Å². The van der Waals surface area contributed by atoms with Gasteiger partial charge in [-0.2, -0.15) is 5.26 Å². The lowest BCUT2D eigenvalue weighted by atomic mass is 10.0. The molecule has 0 unspecified atom stereocenters. The molecule has 3 aromatic rings. The fraction of sp³-hybridized carbons (Fsp3) is 0.0435. The third-order valence-corrected chi connectivity index (χ3v) is 4.79. The van der Waals surface area contributed by atoms with Crippen LogP contribution in [0.2, 0.25) is 0 Å². The summed E-state index contributed by atoms with van der Waals surface area (Å²) >= 11 is 3.40. The first kappa shape index (κ1) is 21.7. The van der Waals surface area contributed by atoms with E-state index in [1.807, 2.05) is 18.2 Å². The second-order valence-electron chi connectivity index (χ2n) is 6.37. The van der Waals surface area contributed by atoms with Gasteiger partial charge in [-0.3, -0.25) is 14.9 Å². The Morgan fingerprint density at radius 2 is 1.90 bits per heavy atom. The van der Waals surface area contributed by atoms with Gasteiger partial charge in [0.2, 0.25) is 0 Å². The molecule has 1 N–H and O–H groups in total. The van der Waals surface area contributed by atoms with Crippen LogP contribution in [0.3, 0.4) is 0 Å². The molecule has 0 bridgehead atoms. The molecular weight excluding hydrogens is 462 g/mol. The topological polar surface area (TPSA) is 105 Å². The van der Waals surface area contributed by atoms with Crippen molar-refractivity contribution in [2.24, 2.45) is 0 Å². The fourth-order valence-corrected chi connectivity index (χ4v) is 3.23. The first-order valence-electron chi connectivity index (χ1n) is 9.10. The van der Waals surface area contributed by atoms with Crippen molar-refractivity contribution >= 4 is 44.9 Å². The molecule has 0 aliphatic carbocycles. The molecule has 0 radical (unpaired) electrons. The van der Waals surface area contributed by atoms with Gasteiger partial charge in [0.15, 0.2) is 6.61 Å². The summed E-state index contributed by atoms with van der Waals surface area (Å²) in [6, 6.07) is 22.2. The number of non-ortho nitro benzene ring substituents is 1. The maximum absolute atomic E-state index is 12.0. The molecule has 1 amide bonds. The summed E-state index contributed by atoms with van der Waals surface area (Å²) in [5.74, 6) is 0.175. The molecule has 0 spiro atoms. The molecule has 0 fully saturated rings. The van der Waals surface area contributed by atoms with Gasteiger partial charge in [-0.1, -0.05) is 36.4 Å². The fourth-order valence-electron chi connectivity index (χ4n) is 2.72. The highest BCUT2D eigenvalue weighted by Crippen LogP contribution is 2.28. The number of benzene rings is 3. The third-order valence-electron chi connectivity index (χ3n) is 4.17. The van der Waals surface area contributed by atoms with Crippen molar-refractivity contribution < 1.29 is 14.5 Å². The van der Waals surface area contributed by atoms with Crippen LogP contribution in [0.25, 0.3) is 11.6 Å². The van der Waals surface area contributed by atoms with Gasteiger partial charge >= 0.3 is 0 Å². The SMILES string of the molecule is N#C/C(=C/c1ccc(OCC(=O)Nc2ccccc2)c(Br)c1)c1cccc([N+](=O)[O-])c1. The van der Waals surface area contributed by atoms with E-state index in [4.69, 9.17) is 4.74 Å². The number of carbonyl (C=O) groups excluding carboxylic acids is 1. The van der Waals surface area contributed by atoms with Gasteiger partial charge in [-0.15, -0.1) is 0 Å². The van der Waals surface area contributed by atoms with E-state index in [1.165, 1.54) is 18.2 Å². The number of halogens is 1. The molecule has 0 saturated carbocycles. The number of hydrogen-bond donors (Lipinski definition) is 1. The van der Waals surface area contributed by atoms with E-state index in [2.05, 4.69) is 27.3 Å². The number of nitrogens with zero attached hydrogens (tertiary/aromatic N) is 2. The largest absolute Gasteiger partial charge is 0.483 e. The summed E-state index contributed by atoms with van der Waals surface area (Å²) in [6.07, 6.45) is 1.62. The zero-order valence-electron chi connectivity index (χ0n) is 16.1. The standard InChI is InChI=1S/C23H16BrN3O4/c24-21-12-16(11-18(14-25)17-5-4-8-20(13-17)27(29)30)9-10-22(21)31-15-23(28)26-19-6-2-1-3-7-19/h1-13H,15H2,(H,26,28)/b18-11-. The molecule has 0 aliphatic heterocycles. The van der Waals surface area contributed by atoms with Crippen LogP contribution in [0.15, 0.2) is 77.3 Å². The lowest BCUT2D eigenvalue weighted by molar-refractivity contribution is -0.384. The monoisotopic (exact) mass is 477 g/mol. The van der Waals surface area contributed by atoms with Gasteiger partial charge in [-0.25, -0.2) is 0 Å². The number of nitro groups is 1. The van der Waals surface area contributed by atoms with Gasteiger partial charge in [0.1, 0.15) is 5.75 Å². The predicted molar refractivity (Wildman–Crippen MR) is 121 cm³/mol. The molecule has 154 valence electrons. The maximum atomic E-state index is 12.0. The summed E-state index contributed by atoms with van der Waals surface area (Å²) in [5, 5.41) is 23.2. The minimum atomic E-state index is -0.505. The Morgan fingerprint density at radius 1 is 1.13 bits per heavy atom. The van der Waals surface area contributed by atoms with Crippen LogP contribution in [-0.2, 0) is 4.79 Å². The molecule has 0 saturated heterocycles. The molecule has 7 nitrogen and oxygen atoms in total. The van der Waals surface area contributed by atoms with E-state index >= 15 is 0 Å². The summed E-state index contributed by atoms with van der Waals surface area (Å²) in [4.78, 5) is 22.5. The van der Waals surface area contributed by atoms with Crippen LogP contribution in [0.5, 0.6) is 5.75 Å². The number of amides is 1. The van der Waals surface area contributed by atoms with Gasteiger partial charge in [-0.05, 0) is 57.4 Å². The quantitative estimate of drug-likeness (QED) is 0.211. The Hall–Kier alpha value is -3.96. The highest BCUT2D eigenvalue weighted by Gasteiger charge is 2.10. The molecule has 0 aromatic heterocycles. The average molecular weight is 478 g/mol. The zero-order chi connectivity index (χ0) is 22.2.